The molecule has 1 aromatic heterocycles. The standard InChI is InChI=1S/C16H13F3N2O3S/c1-3-24-16(23)10(6-20-15-8(2)7-25-21-15)14(22)9-4-12(18)13(19)5-11(9)17/h4-7,22H,3H2,1-2H3. The molecule has 0 saturated carbocycles. The lowest BCUT2D eigenvalue weighted by atomic mass is 10.1. The first kappa shape index (κ1) is 18.7. The van der Waals surface area contributed by atoms with E-state index < -0.39 is 40.3 Å². The predicted octanol–water partition coefficient (Wildman–Crippen LogP) is 4.10. The van der Waals surface area contributed by atoms with Gasteiger partial charge < -0.3 is 9.84 Å². The number of carbonyl (C=O) groups is 1. The molecule has 0 aliphatic heterocycles. The van der Waals surface area contributed by atoms with E-state index >= 15 is 0 Å². The smallest absolute Gasteiger partial charge is 0.343 e. The Morgan fingerprint density at radius 1 is 1.32 bits per heavy atom. The summed E-state index contributed by atoms with van der Waals surface area (Å²) in [6, 6.07) is 0.715. The second-order valence-electron chi connectivity index (χ2n) is 4.81. The molecule has 1 heterocycles. The maximum absolute atomic E-state index is 13.9. The van der Waals surface area contributed by atoms with Gasteiger partial charge in [-0.25, -0.2) is 23.0 Å². The maximum Gasteiger partial charge on any atom is 0.343 e. The maximum atomic E-state index is 13.9. The summed E-state index contributed by atoms with van der Waals surface area (Å²) in [5.74, 6) is -5.66. The minimum Gasteiger partial charge on any atom is -0.506 e. The lowest BCUT2D eigenvalue weighted by Crippen LogP contribution is -2.12. The number of carbonyl (C=O) groups excluding carboxylic acids is 1. The van der Waals surface area contributed by atoms with Gasteiger partial charge in [0.1, 0.15) is 17.1 Å². The van der Waals surface area contributed by atoms with Crippen molar-refractivity contribution in [3.8, 4) is 0 Å². The fraction of sp³-hybridized carbons (Fsp3) is 0.188. The van der Waals surface area contributed by atoms with Crippen LogP contribution >= 0.6 is 11.5 Å². The van der Waals surface area contributed by atoms with Crippen molar-refractivity contribution in [1.29, 1.82) is 0 Å². The third kappa shape index (κ3) is 4.24. The predicted molar refractivity (Wildman–Crippen MR) is 87.5 cm³/mol. The topological polar surface area (TPSA) is 71.8 Å². The Labute approximate surface area is 145 Å². The number of aliphatic hydroxyl groups is 1. The summed E-state index contributed by atoms with van der Waals surface area (Å²) in [4.78, 5) is 16.0. The van der Waals surface area contributed by atoms with Crippen LogP contribution in [0.3, 0.4) is 0 Å². The molecule has 0 amide bonds. The van der Waals surface area contributed by atoms with Gasteiger partial charge in [0.25, 0.3) is 0 Å². The molecule has 0 radical (unpaired) electrons. The molecule has 25 heavy (non-hydrogen) atoms. The van der Waals surface area contributed by atoms with Gasteiger partial charge in [0.15, 0.2) is 17.5 Å². The van der Waals surface area contributed by atoms with Gasteiger partial charge in [0, 0.05) is 23.2 Å². The van der Waals surface area contributed by atoms with E-state index in [0.29, 0.717) is 11.9 Å². The van der Waals surface area contributed by atoms with Crippen LogP contribution in [0, 0.1) is 24.4 Å². The molecule has 0 saturated heterocycles. The van der Waals surface area contributed by atoms with Crippen molar-refractivity contribution in [1.82, 2.24) is 4.37 Å². The van der Waals surface area contributed by atoms with Crippen LogP contribution in [0.1, 0.15) is 18.1 Å². The van der Waals surface area contributed by atoms with Crippen molar-refractivity contribution >= 4 is 35.3 Å². The first-order valence-electron chi connectivity index (χ1n) is 7.05. The lowest BCUT2D eigenvalue weighted by molar-refractivity contribution is -0.137. The summed E-state index contributed by atoms with van der Waals surface area (Å²) >= 11 is 1.14. The van der Waals surface area contributed by atoms with Crippen molar-refractivity contribution in [2.45, 2.75) is 13.8 Å². The van der Waals surface area contributed by atoms with Crippen LogP contribution in [-0.2, 0) is 9.53 Å². The molecule has 0 aliphatic rings. The summed E-state index contributed by atoms with van der Waals surface area (Å²) in [5, 5.41) is 11.9. The summed E-state index contributed by atoms with van der Waals surface area (Å²) < 4.78 is 49.0. The van der Waals surface area contributed by atoms with Gasteiger partial charge in [-0.15, -0.1) is 0 Å². The van der Waals surface area contributed by atoms with E-state index in [0.717, 1.165) is 23.3 Å². The Bertz CT molecular complexity index is 862. The van der Waals surface area contributed by atoms with Crippen molar-refractivity contribution in [3.05, 3.63) is 51.7 Å². The van der Waals surface area contributed by atoms with E-state index in [1.54, 1.807) is 12.3 Å². The first-order chi connectivity index (χ1) is 11.8. The van der Waals surface area contributed by atoms with Crippen LogP contribution in [-0.4, -0.2) is 28.3 Å². The van der Waals surface area contributed by atoms with Crippen LogP contribution in [0.25, 0.3) is 5.76 Å². The fourth-order valence-electron chi connectivity index (χ4n) is 1.80. The number of hydrogen-bond donors (Lipinski definition) is 1. The van der Waals surface area contributed by atoms with Crippen LogP contribution in [0.5, 0.6) is 0 Å². The van der Waals surface area contributed by atoms with Gasteiger partial charge in [-0.3, -0.25) is 0 Å². The van der Waals surface area contributed by atoms with Gasteiger partial charge >= 0.3 is 5.97 Å². The van der Waals surface area contributed by atoms with Crippen molar-refractivity contribution in [2.75, 3.05) is 6.61 Å². The summed E-state index contributed by atoms with van der Waals surface area (Å²) in [6.45, 7) is 3.25. The number of aryl methyl sites for hydroxylation is 1. The Morgan fingerprint density at radius 2 is 2.00 bits per heavy atom. The molecule has 0 unspecified atom stereocenters. The van der Waals surface area contributed by atoms with Crippen LogP contribution in [0.2, 0.25) is 0 Å². The molecule has 0 bridgehead atoms. The molecule has 0 aliphatic carbocycles. The zero-order valence-corrected chi connectivity index (χ0v) is 14.0. The number of hydrogen-bond acceptors (Lipinski definition) is 6. The molecule has 1 N–H and O–H groups in total. The number of benzene rings is 1. The van der Waals surface area contributed by atoms with E-state index in [4.69, 9.17) is 4.74 Å². The third-order valence-corrected chi connectivity index (χ3v) is 3.79. The minimum atomic E-state index is -1.42. The van der Waals surface area contributed by atoms with Crippen LogP contribution in [0.15, 0.2) is 28.1 Å². The number of aliphatic hydroxyl groups excluding tert-OH is 1. The molecular weight excluding hydrogens is 357 g/mol. The number of rotatable bonds is 5. The number of aliphatic imine (C=N–C) groups is 1. The molecule has 0 fully saturated rings. The molecule has 2 aromatic rings. The summed E-state index contributed by atoms with van der Waals surface area (Å²) in [5.41, 5.74) is -0.481. The molecule has 1 aromatic carbocycles. The zero-order valence-electron chi connectivity index (χ0n) is 13.2. The molecule has 0 atom stereocenters. The summed E-state index contributed by atoms with van der Waals surface area (Å²) in [7, 11) is 0. The van der Waals surface area contributed by atoms with Gasteiger partial charge in [0.05, 0.1) is 12.2 Å². The molecular formula is C16H13F3N2O3S. The van der Waals surface area contributed by atoms with E-state index in [2.05, 4.69) is 9.37 Å². The monoisotopic (exact) mass is 370 g/mol. The highest BCUT2D eigenvalue weighted by Crippen LogP contribution is 2.24. The largest absolute Gasteiger partial charge is 0.506 e. The Hall–Kier alpha value is -2.68. The second-order valence-corrected chi connectivity index (χ2v) is 5.44. The van der Waals surface area contributed by atoms with Crippen molar-refractivity contribution < 1.29 is 27.8 Å². The SMILES string of the molecule is CCOC(=O)C(C=Nc1nscc1C)=C(O)c1cc(F)c(F)cc1F. The average Bonchev–Trinajstić information content (AvgIpc) is 2.96. The highest BCUT2D eigenvalue weighted by molar-refractivity contribution is 7.04. The quantitative estimate of drug-likeness (QED) is 0.283. The van der Waals surface area contributed by atoms with E-state index in [1.807, 2.05) is 0 Å². The second kappa shape index (κ2) is 7.93. The zero-order chi connectivity index (χ0) is 18.6. The Kier molecular flexibility index (Phi) is 5.92. The molecule has 132 valence electrons. The lowest BCUT2D eigenvalue weighted by Gasteiger charge is -2.08. The van der Waals surface area contributed by atoms with Gasteiger partial charge in [0.2, 0.25) is 0 Å². The van der Waals surface area contributed by atoms with Gasteiger partial charge in [-0.1, -0.05) is 0 Å². The van der Waals surface area contributed by atoms with E-state index in [-0.39, 0.29) is 12.7 Å². The highest BCUT2D eigenvalue weighted by atomic mass is 32.1. The minimum absolute atomic E-state index is 0.0144. The normalized spacial score (nSPS) is 12.4. The third-order valence-electron chi connectivity index (χ3n) is 3.05. The van der Waals surface area contributed by atoms with Crippen molar-refractivity contribution in [2.24, 2.45) is 4.99 Å². The van der Waals surface area contributed by atoms with Crippen LogP contribution < -0.4 is 0 Å². The van der Waals surface area contributed by atoms with E-state index in [1.165, 1.54) is 6.92 Å². The van der Waals surface area contributed by atoms with Crippen LogP contribution in [0.4, 0.5) is 19.0 Å². The number of nitrogens with zero attached hydrogens (tertiary/aromatic N) is 2. The van der Waals surface area contributed by atoms with Gasteiger partial charge in [-0.2, -0.15) is 4.37 Å². The molecule has 5 nitrogen and oxygen atoms in total. The molecule has 2 rings (SSSR count). The first-order valence-corrected chi connectivity index (χ1v) is 7.89. The number of esters is 1. The Morgan fingerprint density at radius 3 is 2.60 bits per heavy atom. The van der Waals surface area contributed by atoms with Gasteiger partial charge in [-0.05, 0) is 31.4 Å². The number of aromatic nitrogens is 1. The number of halogens is 3. The fourth-order valence-corrected chi connectivity index (χ4v) is 2.41. The summed E-state index contributed by atoms with van der Waals surface area (Å²) in [6.07, 6.45) is 0.941. The number of ether oxygens (including phenoxy) is 1. The van der Waals surface area contributed by atoms with E-state index in [9.17, 15) is 23.1 Å². The van der Waals surface area contributed by atoms with Crippen molar-refractivity contribution in [3.63, 3.8) is 0 Å². The molecule has 9 heteroatoms. The highest BCUT2D eigenvalue weighted by Gasteiger charge is 2.21. The molecule has 0 spiro atoms. The Balaban J connectivity index is 2.55. The average molecular weight is 370 g/mol.